The lowest BCUT2D eigenvalue weighted by atomic mass is 9.95. The lowest BCUT2D eigenvalue weighted by molar-refractivity contribution is -0.117. The Morgan fingerprint density at radius 1 is 1.17 bits per heavy atom. The summed E-state index contributed by atoms with van der Waals surface area (Å²) in [5.74, 6) is -0.607. The van der Waals surface area contributed by atoms with Crippen molar-refractivity contribution < 1.29 is 28.6 Å². The Morgan fingerprint density at radius 2 is 1.98 bits per heavy atom. The highest BCUT2D eigenvalue weighted by molar-refractivity contribution is 6.35. The number of carbonyl (C=O) groups is 1. The monoisotopic (exact) mass is 676 g/mol. The molecule has 0 amide bonds. The molecule has 1 aliphatic rings. The Labute approximate surface area is 284 Å². The van der Waals surface area contributed by atoms with Crippen molar-refractivity contribution in [2.45, 2.75) is 58.1 Å². The Morgan fingerprint density at radius 3 is 2.75 bits per heavy atom. The van der Waals surface area contributed by atoms with Crippen molar-refractivity contribution in [1.29, 1.82) is 0 Å². The standard InChI is InChI=1S/C37H42ClFN4O5/c1-5-29-33-32-28(38)16-15-27-26(11-9-21-47-30-12-8-10-23-22-24(39)13-14-25(23)30)36(37(44)45)43(35(27)32)18-6-7-20-48-31(17-19-41(2)46-4)34(33)40-42(29)3/h8,10,12-16,22,31H,5-7,9,11,17-21H2,1-4H3,(H,44,45). The summed E-state index contributed by atoms with van der Waals surface area (Å²) in [6.07, 6.45) is 3.61. The smallest absolute Gasteiger partial charge is 0.352 e. The van der Waals surface area contributed by atoms with Gasteiger partial charge in [0.05, 0.1) is 29.9 Å². The molecule has 0 radical (unpaired) electrons. The number of benzene rings is 3. The predicted octanol–water partition coefficient (Wildman–Crippen LogP) is 7.99. The number of carboxylic acids is 1. The quantitative estimate of drug-likeness (QED) is 0.112. The topological polar surface area (TPSA) is 91.0 Å². The van der Waals surface area contributed by atoms with Crippen LogP contribution in [0.15, 0.2) is 48.5 Å². The molecule has 6 rings (SSSR count). The van der Waals surface area contributed by atoms with E-state index in [-0.39, 0.29) is 17.6 Å². The molecule has 48 heavy (non-hydrogen) atoms. The number of aromatic carboxylic acids is 1. The molecule has 0 saturated heterocycles. The van der Waals surface area contributed by atoms with Gasteiger partial charge in [-0.25, -0.2) is 9.18 Å². The van der Waals surface area contributed by atoms with Crippen LogP contribution >= 0.6 is 11.6 Å². The van der Waals surface area contributed by atoms with E-state index in [2.05, 4.69) is 6.92 Å². The first-order chi connectivity index (χ1) is 23.2. The third-order valence-electron chi connectivity index (χ3n) is 9.31. The summed E-state index contributed by atoms with van der Waals surface area (Å²) in [4.78, 5) is 18.5. The lowest BCUT2D eigenvalue weighted by Gasteiger charge is -2.21. The summed E-state index contributed by atoms with van der Waals surface area (Å²) in [6, 6.07) is 14.0. The zero-order valence-electron chi connectivity index (χ0n) is 27.9. The van der Waals surface area contributed by atoms with Gasteiger partial charge >= 0.3 is 5.97 Å². The third-order valence-corrected chi connectivity index (χ3v) is 9.62. The van der Waals surface area contributed by atoms with E-state index in [9.17, 15) is 14.3 Å². The van der Waals surface area contributed by atoms with Crippen LogP contribution in [0.2, 0.25) is 5.02 Å². The van der Waals surface area contributed by atoms with E-state index in [1.807, 2.05) is 53.7 Å². The molecule has 0 spiro atoms. The molecule has 0 bridgehead atoms. The molecule has 3 heterocycles. The molecule has 1 unspecified atom stereocenters. The molecule has 5 aromatic rings. The summed E-state index contributed by atoms with van der Waals surface area (Å²) in [6.45, 7) is 4.11. The summed E-state index contributed by atoms with van der Waals surface area (Å²) in [5, 5.41) is 20.5. The molecule has 1 N–H and O–H groups in total. The first kappa shape index (κ1) is 33.9. The number of hydroxylamine groups is 2. The van der Waals surface area contributed by atoms with E-state index in [4.69, 9.17) is 31.0 Å². The van der Waals surface area contributed by atoms with Crippen LogP contribution in [-0.4, -0.2) is 64.4 Å². The first-order valence-corrected chi connectivity index (χ1v) is 16.9. The van der Waals surface area contributed by atoms with Crippen LogP contribution in [0.4, 0.5) is 4.39 Å². The number of halogens is 2. The average Bonchev–Trinajstić information content (AvgIpc) is 3.56. The number of fused-ring (bicyclic) bond motifs is 3. The van der Waals surface area contributed by atoms with Gasteiger partial charge in [-0.3, -0.25) is 4.68 Å². The van der Waals surface area contributed by atoms with Gasteiger partial charge < -0.3 is 24.0 Å². The number of hydrogen-bond acceptors (Lipinski definition) is 6. The maximum absolute atomic E-state index is 13.8. The molecule has 9 nitrogen and oxygen atoms in total. The van der Waals surface area contributed by atoms with E-state index < -0.39 is 5.97 Å². The van der Waals surface area contributed by atoms with Crippen molar-refractivity contribution in [2.75, 3.05) is 33.9 Å². The highest BCUT2D eigenvalue weighted by Crippen LogP contribution is 2.45. The van der Waals surface area contributed by atoms with Crippen LogP contribution in [-0.2, 0) is 36.0 Å². The van der Waals surface area contributed by atoms with Gasteiger partial charge in [0.1, 0.15) is 23.4 Å². The first-order valence-electron chi connectivity index (χ1n) is 16.5. The molecule has 0 saturated carbocycles. The molecule has 254 valence electrons. The van der Waals surface area contributed by atoms with Gasteiger partial charge in [0.15, 0.2) is 0 Å². The fourth-order valence-electron chi connectivity index (χ4n) is 7.01. The normalized spacial score (nSPS) is 15.2. The predicted molar refractivity (Wildman–Crippen MR) is 185 cm³/mol. The van der Waals surface area contributed by atoms with Crippen molar-refractivity contribution in [3.05, 3.63) is 82.0 Å². The fourth-order valence-corrected chi connectivity index (χ4v) is 7.25. The molecular formula is C37H42ClFN4O5. The third kappa shape index (κ3) is 6.54. The van der Waals surface area contributed by atoms with Crippen molar-refractivity contribution >= 4 is 39.2 Å². The molecule has 0 aliphatic carbocycles. The van der Waals surface area contributed by atoms with E-state index in [1.165, 1.54) is 12.1 Å². The lowest BCUT2D eigenvalue weighted by Crippen LogP contribution is -2.21. The number of rotatable bonds is 11. The Balaban J connectivity index is 1.43. The number of aryl methyl sites for hydroxylation is 3. The minimum absolute atomic E-state index is 0.274. The van der Waals surface area contributed by atoms with Crippen LogP contribution in [0.3, 0.4) is 0 Å². The zero-order chi connectivity index (χ0) is 33.9. The average molecular weight is 677 g/mol. The Bertz CT molecular complexity index is 1950. The summed E-state index contributed by atoms with van der Waals surface area (Å²) in [5.41, 5.74) is 5.33. The van der Waals surface area contributed by atoms with Crippen molar-refractivity contribution in [1.82, 2.24) is 19.4 Å². The minimum atomic E-state index is -0.978. The van der Waals surface area contributed by atoms with Gasteiger partial charge in [-0.05, 0) is 79.8 Å². The van der Waals surface area contributed by atoms with Gasteiger partial charge in [0.25, 0.3) is 0 Å². The van der Waals surface area contributed by atoms with Crippen LogP contribution in [0.25, 0.3) is 32.8 Å². The molecule has 0 fully saturated rings. The maximum atomic E-state index is 13.8. The number of carboxylic acid groups (broad SMARTS) is 1. The zero-order valence-corrected chi connectivity index (χ0v) is 28.6. The van der Waals surface area contributed by atoms with Crippen LogP contribution in [0.5, 0.6) is 5.75 Å². The summed E-state index contributed by atoms with van der Waals surface area (Å²) < 4.78 is 30.3. The van der Waals surface area contributed by atoms with Crippen molar-refractivity contribution in [3.63, 3.8) is 0 Å². The van der Waals surface area contributed by atoms with Crippen LogP contribution in [0.1, 0.15) is 66.2 Å². The van der Waals surface area contributed by atoms with Crippen LogP contribution < -0.4 is 4.74 Å². The maximum Gasteiger partial charge on any atom is 0.352 e. The van der Waals surface area contributed by atoms with E-state index >= 15 is 0 Å². The fraction of sp³-hybridized carbons (Fsp3) is 0.405. The largest absolute Gasteiger partial charge is 0.493 e. The second-order valence-corrected chi connectivity index (χ2v) is 12.7. The second-order valence-electron chi connectivity index (χ2n) is 12.2. The Hall–Kier alpha value is -3.96. The molecule has 2 aromatic heterocycles. The highest BCUT2D eigenvalue weighted by atomic mass is 35.5. The number of aromatic nitrogens is 3. The van der Waals surface area contributed by atoms with Gasteiger partial charge in [-0.1, -0.05) is 36.7 Å². The van der Waals surface area contributed by atoms with E-state index in [0.29, 0.717) is 62.8 Å². The number of ether oxygens (including phenoxy) is 2. The van der Waals surface area contributed by atoms with Gasteiger partial charge in [0.2, 0.25) is 0 Å². The molecule has 1 atom stereocenters. The molecule has 1 aliphatic heterocycles. The van der Waals surface area contributed by atoms with E-state index in [1.54, 1.807) is 18.2 Å². The van der Waals surface area contributed by atoms with Gasteiger partial charge in [-0.2, -0.15) is 10.2 Å². The molecule has 3 aromatic carbocycles. The van der Waals surface area contributed by atoms with Crippen molar-refractivity contribution in [2.24, 2.45) is 7.05 Å². The minimum Gasteiger partial charge on any atom is -0.493 e. The van der Waals surface area contributed by atoms with Crippen LogP contribution in [0, 0.1) is 5.82 Å². The second kappa shape index (κ2) is 14.7. The van der Waals surface area contributed by atoms with Gasteiger partial charge in [0, 0.05) is 61.4 Å². The molecular weight excluding hydrogens is 635 g/mol. The molecule has 11 heteroatoms. The van der Waals surface area contributed by atoms with Crippen molar-refractivity contribution in [3.8, 4) is 16.9 Å². The highest BCUT2D eigenvalue weighted by Gasteiger charge is 2.32. The summed E-state index contributed by atoms with van der Waals surface area (Å²) >= 11 is 7.12. The van der Waals surface area contributed by atoms with Gasteiger partial charge in [-0.15, -0.1) is 0 Å². The number of nitrogens with zero attached hydrogens (tertiary/aromatic N) is 4. The number of hydrogen-bond donors (Lipinski definition) is 1. The van der Waals surface area contributed by atoms with E-state index in [0.717, 1.165) is 62.6 Å². The summed E-state index contributed by atoms with van der Waals surface area (Å²) in [7, 11) is 5.46. The Kier molecular flexibility index (Phi) is 10.4. The SMILES string of the molecule is CCc1c2c(nn1C)C(CCN(C)OC)OCCCCn1c(C(=O)O)c(CCCOc3cccc4cc(F)ccc34)c3ccc(Cl)c-2c31.